The first-order valence-corrected chi connectivity index (χ1v) is 12.4. The molecule has 0 aliphatic rings. The summed E-state index contributed by atoms with van der Waals surface area (Å²) in [6.45, 7) is 17.3. The van der Waals surface area contributed by atoms with Gasteiger partial charge in [0.25, 0.3) is 0 Å². The minimum atomic E-state index is -0.847. The molecule has 0 radical (unpaired) electrons. The lowest BCUT2D eigenvalue weighted by Crippen LogP contribution is -2.52. The van der Waals surface area contributed by atoms with Gasteiger partial charge in [-0.3, -0.25) is 9.59 Å². The first kappa shape index (κ1) is 29.5. The van der Waals surface area contributed by atoms with E-state index in [0.29, 0.717) is 6.54 Å². The van der Waals surface area contributed by atoms with Gasteiger partial charge in [0.15, 0.2) is 0 Å². The molecule has 0 saturated heterocycles. The zero-order valence-electron chi connectivity index (χ0n) is 22.6. The molecule has 0 aliphatic carbocycles. The Morgan fingerprint density at radius 2 is 1.65 bits per heavy atom. The number of hydrogen-bond donors (Lipinski definition) is 2. The third-order valence-electron chi connectivity index (χ3n) is 5.57. The number of aryl methyl sites for hydroxylation is 1. The number of carbonyl (C=O) groups excluding carboxylic acids is 3. The summed E-state index contributed by atoms with van der Waals surface area (Å²) < 4.78 is 5.33. The second-order valence-electron chi connectivity index (χ2n) is 10.3. The first-order valence-electron chi connectivity index (χ1n) is 12.4. The molecular weight excluding hydrogens is 430 g/mol. The molecule has 0 fully saturated rings. The molecule has 0 saturated carbocycles. The minimum absolute atomic E-state index is 0.0746. The molecule has 3 amide bonds. The minimum Gasteiger partial charge on any atom is -0.444 e. The fourth-order valence-corrected chi connectivity index (χ4v) is 3.75. The van der Waals surface area contributed by atoms with Crippen LogP contribution in [0.5, 0.6) is 0 Å². The van der Waals surface area contributed by atoms with E-state index in [1.54, 1.807) is 32.6 Å². The quantitative estimate of drug-likeness (QED) is 0.431. The van der Waals surface area contributed by atoms with E-state index in [4.69, 9.17) is 4.74 Å². The fourth-order valence-electron chi connectivity index (χ4n) is 3.75. The highest BCUT2D eigenvalue weighted by molar-refractivity contribution is 5.92. The van der Waals surface area contributed by atoms with Crippen molar-refractivity contribution in [1.82, 2.24) is 15.5 Å². The van der Waals surface area contributed by atoms with E-state index in [0.717, 1.165) is 42.4 Å². The highest BCUT2D eigenvalue weighted by Crippen LogP contribution is 2.28. The molecule has 0 spiro atoms. The van der Waals surface area contributed by atoms with Crippen molar-refractivity contribution in [1.29, 1.82) is 0 Å². The van der Waals surface area contributed by atoms with Crippen molar-refractivity contribution in [3.8, 4) is 0 Å². The van der Waals surface area contributed by atoms with Crippen LogP contribution in [0.25, 0.3) is 0 Å². The number of ether oxygens (including phenoxy) is 1. The Labute approximate surface area is 206 Å². The SMILES string of the molecule is CCCCCCN(C(=O)C(C)NC(=O)OC(C)(C)C)C(C(=O)NC(C)C)c1cccc(C)c1C. The molecule has 2 N–H and O–H groups in total. The smallest absolute Gasteiger partial charge is 0.408 e. The number of nitrogens with zero attached hydrogens (tertiary/aromatic N) is 1. The normalized spacial score (nSPS) is 13.2. The van der Waals surface area contributed by atoms with Crippen LogP contribution in [0.2, 0.25) is 0 Å². The zero-order valence-corrected chi connectivity index (χ0v) is 22.6. The molecule has 1 aromatic rings. The highest BCUT2D eigenvalue weighted by Gasteiger charge is 2.35. The zero-order chi connectivity index (χ0) is 26.1. The van der Waals surface area contributed by atoms with Crippen LogP contribution in [-0.2, 0) is 14.3 Å². The van der Waals surface area contributed by atoms with Gasteiger partial charge in [0.1, 0.15) is 17.7 Å². The standard InChI is InChI=1S/C27H45N3O4/c1-10-11-12-13-17-30(25(32)21(6)29-26(33)34-27(7,8)9)23(24(31)28-18(2)3)22-16-14-15-19(4)20(22)5/h14-16,18,21,23H,10-13,17H2,1-9H3,(H,28,31)(H,29,33). The van der Waals surface area contributed by atoms with Crippen molar-refractivity contribution in [2.24, 2.45) is 0 Å². The Hall–Kier alpha value is -2.57. The maximum atomic E-state index is 13.7. The Bertz CT molecular complexity index is 830. The molecule has 1 aromatic carbocycles. The maximum Gasteiger partial charge on any atom is 0.408 e. The van der Waals surface area contributed by atoms with E-state index in [1.807, 2.05) is 45.9 Å². The van der Waals surface area contributed by atoms with Crippen LogP contribution in [0.1, 0.15) is 96.9 Å². The molecule has 34 heavy (non-hydrogen) atoms. The molecule has 0 bridgehead atoms. The lowest BCUT2D eigenvalue weighted by Gasteiger charge is -2.35. The number of amides is 3. The van der Waals surface area contributed by atoms with E-state index in [2.05, 4.69) is 17.6 Å². The predicted octanol–water partition coefficient (Wildman–Crippen LogP) is 5.19. The van der Waals surface area contributed by atoms with E-state index >= 15 is 0 Å². The number of benzene rings is 1. The van der Waals surface area contributed by atoms with Crippen molar-refractivity contribution in [3.05, 3.63) is 34.9 Å². The van der Waals surface area contributed by atoms with Gasteiger partial charge in [-0.2, -0.15) is 0 Å². The average molecular weight is 476 g/mol. The van der Waals surface area contributed by atoms with Crippen molar-refractivity contribution < 1.29 is 19.1 Å². The van der Waals surface area contributed by atoms with Gasteiger partial charge in [-0.1, -0.05) is 44.4 Å². The third-order valence-corrected chi connectivity index (χ3v) is 5.57. The predicted molar refractivity (Wildman–Crippen MR) is 137 cm³/mol. The number of nitrogens with one attached hydrogen (secondary N) is 2. The van der Waals surface area contributed by atoms with Gasteiger partial charge in [-0.15, -0.1) is 0 Å². The summed E-state index contributed by atoms with van der Waals surface area (Å²) in [5, 5.41) is 5.64. The summed E-state index contributed by atoms with van der Waals surface area (Å²) in [5.74, 6) is -0.538. The number of hydrogen-bond acceptors (Lipinski definition) is 4. The Balaban J connectivity index is 3.37. The van der Waals surface area contributed by atoms with Gasteiger partial charge in [-0.05, 0) is 78.5 Å². The second-order valence-corrected chi connectivity index (χ2v) is 10.3. The van der Waals surface area contributed by atoms with Gasteiger partial charge in [0.05, 0.1) is 0 Å². The van der Waals surface area contributed by atoms with E-state index < -0.39 is 23.8 Å². The van der Waals surface area contributed by atoms with E-state index in [-0.39, 0.29) is 17.9 Å². The second kappa shape index (κ2) is 13.4. The molecule has 0 heterocycles. The molecule has 0 aliphatic heterocycles. The van der Waals surface area contributed by atoms with Crippen LogP contribution in [-0.4, -0.2) is 47.0 Å². The van der Waals surface area contributed by atoms with Gasteiger partial charge in [0, 0.05) is 12.6 Å². The van der Waals surface area contributed by atoms with Gasteiger partial charge < -0.3 is 20.3 Å². The largest absolute Gasteiger partial charge is 0.444 e. The van der Waals surface area contributed by atoms with Gasteiger partial charge >= 0.3 is 6.09 Å². The molecule has 7 nitrogen and oxygen atoms in total. The summed E-state index contributed by atoms with van der Waals surface area (Å²) in [5.41, 5.74) is 2.15. The lowest BCUT2D eigenvalue weighted by atomic mass is 9.94. The van der Waals surface area contributed by atoms with Gasteiger partial charge in [-0.25, -0.2) is 4.79 Å². The van der Waals surface area contributed by atoms with Crippen LogP contribution < -0.4 is 10.6 Å². The molecule has 192 valence electrons. The van der Waals surface area contributed by atoms with Crippen LogP contribution >= 0.6 is 0 Å². The fraction of sp³-hybridized carbons (Fsp3) is 0.667. The Morgan fingerprint density at radius 1 is 1.00 bits per heavy atom. The average Bonchev–Trinajstić information content (AvgIpc) is 2.70. The van der Waals surface area contributed by atoms with Crippen LogP contribution in [0, 0.1) is 13.8 Å². The summed E-state index contributed by atoms with van der Waals surface area (Å²) in [6, 6.07) is 4.10. The summed E-state index contributed by atoms with van der Waals surface area (Å²) in [7, 11) is 0. The topological polar surface area (TPSA) is 87.7 Å². The van der Waals surface area contributed by atoms with E-state index in [9.17, 15) is 14.4 Å². The molecule has 2 atom stereocenters. The van der Waals surface area contributed by atoms with Crippen molar-refractivity contribution in [3.63, 3.8) is 0 Å². The van der Waals surface area contributed by atoms with Crippen LogP contribution in [0.3, 0.4) is 0 Å². The lowest BCUT2D eigenvalue weighted by molar-refractivity contribution is -0.142. The molecular formula is C27H45N3O4. The Kier molecular flexibility index (Phi) is 11.6. The number of rotatable bonds is 11. The summed E-state index contributed by atoms with van der Waals surface area (Å²) in [6.07, 6.45) is 3.20. The van der Waals surface area contributed by atoms with Gasteiger partial charge in [0.2, 0.25) is 11.8 Å². The number of carbonyl (C=O) groups is 3. The molecule has 2 unspecified atom stereocenters. The third kappa shape index (κ3) is 9.35. The molecule has 1 rings (SSSR count). The van der Waals surface area contributed by atoms with Crippen molar-refractivity contribution in [2.75, 3.05) is 6.54 Å². The van der Waals surface area contributed by atoms with Crippen molar-refractivity contribution in [2.45, 2.75) is 112 Å². The maximum absolute atomic E-state index is 13.7. The van der Waals surface area contributed by atoms with Crippen LogP contribution in [0.4, 0.5) is 4.79 Å². The molecule has 0 aromatic heterocycles. The highest BCUT2D eigenvalue weighted by atomic mass is 16.6. The summed E-state index contributed by atoms with van der Waals surface area (Å²) in [4.78, 5) is 41.1. The first-order chi connectivity index (χ1) is 15.8. The summed E-state index contributed by atoms with van der Waals surface area (Å²) >= 11 is 0. The number of unbranched alkanes of at least 4 members (excludes halogenated alkanes) is 3. The van der Waals surface area contributed by atoms with Crippen molar-refractivity contribution >= 4 is 17.9 Å². The van der Waals surface area contributed by atoms with Crippen LogP contribution in [0.15, 0.2) is 18.2 Å². The Morgan fingerprint density at radius 3 is 2.21 bits per heavy atom. The van der Waals surface area contributed by atoms with E-state index in [1.165, 1.54) is 0 Å². The monoisotopic (exact) mass is 475 g/mol. The molecule has 7 heteroatoms. The number of alkyl carbamates (subject to hydrolysis) is 1.